The maximum Gasteiger partial charge on any atom is 0.165 e. The molecule has 0 heterocycles. The van der Waals surface area contributed by atoms with E-state index in [-0.39, 0.29) is 29.0 Å². The van der Waals surface area contributed by atoms with Crippen LogP contribution in [0.5, 0.6) is 5.75 Å². The number of sulfone groups is 1. The summed E-state index contributed by atoms with van der Waals surface area (Å²) in [6, 6.07) is 4.68. The van der Waals surface area contributed by atoms with Gasteiger partial charge >= 0.3 is 0 Å². The lowest BCUT2D eigenvalue weighted by Gasteiger charge is -2.15. The highest BCUT2D eigenvalue weighted by Gasteiger charge is 2.23. The van der Waals surface area contributed by atoms with Gasteiger partial charge in [0.05, 0.1) is 18.1 Å². The van der Waals surface area contributed by atoms with Gasteiger partial charge in [0.2, 0.25) is 0 Å². The quantitative estimate of drug-likeness (QED) is 0.384. The number of unbranched alkanes of at least 4 members (excludes halogenated alkanes) is 2. The minimum Gasteiger partial charge on any atom is -0.490 e. The van der Waals surface area contributed by atoms with Crippen molar-refractivity contribution < 1.29 is 17.5 Å². The van der Waals surface area contributed by atoms with Crippen LogP contribution in [0.4, 0.5) is 4.39 Å². The molecule has 1 saturated carbocycles. The lowest BCUT2D eigenvalue weighted by atomic mass is 10.0. The van der Waals surface area contributed by atoms with E-state index >= 15 is 0 Å². The second-order valence-corrected chi connectivity index (χ2v) is 9.73. The van der Waals surface area contributed by atoms with Crippen molar-refractivity contribution in [2.24, 2.45) is 5.92 Å². The summed E-state index contributed by atoms with van der Waals surface area (Å²) in [6.45, 7) is 2.41. The van der Waals surface area contributed by atoms with Crippen LogP contribution in [0, 0.1) is 11.7 Å². The zero-order chi connectivity index (χ0) is 17.6. The standard InChI is InChI=1S/C18H26BrFO3S/c1-14(13-24(21,22)10-4-2-3-9-19)16-7-8-17(20)18(11-16)23-12-15-5-6-15/h7-8,11,14-15H,2-6,9-10,12-13H2,1H3/t14-/m0/s1. The minimum absolute atomic E-state index is 0.0923. The first-order chi connectivity index (χ1) is 11.4. The fourth-order valence-corrected chi connectivity index (χ4v) is 4.74. The van der Waals surface area contributed by atoms with E-state index in [1.807, 2.05) is 6.92 Å². The monoisotopic (exact) mass is 420 g/mol. The summed E-state index contributed by atoms with van der Waals surface area (Å²) in [7, 11) is -3.10. The van der Waals surface area contributed by atoms with Gasteiger partial charge in [-0.05, 0) is 55.2 Å². The van der Waals surface area contributed by atoms with Gasteiger partial charge < -0.3 is 4.74 Å². The van der Waals surface area contributed by atoms with Crippen LogP contribution < -0.4 is 4.74 Å². The lowest BCUT2D eigenvalue weighted by Crippen LogP contribution is -2.16. The second-order valence-electron chi connectivity index (χ2n) is 6.71. The molecule has 0 amide bonds. The molecule has 0 N–H and O–H groups in total. The molecule has 1 atom stereocenters. The third-order valence-electron chi connectivity index (χ3n) is 4.29. The van der Waals surface area contributed by atoms with E-state index in [2.05, 4.69) is 15.9 Å². The molecule has 0 unspecified atom stereocenters. The maximum absolute atomic E-state index is 13.8. The Morgan fingerprint density at radius 1 is 1.29 bits per heavy atom. The predicted octanol–water partition coefficient (Wildman–Crippen LogP) is 4.70. The van der Waals surface area contributed by atoms with Crippen molar-refractivity contribution in [1.29, 1.82) is 0 Å². The number of ether oxygens (including phenoxy) is 1. The number of benzene rings is 1. The Morgan fingerprint density at radius 3 is 2.71 bits per heavy atom. The molecule has 136 valence electrons. The van der Waals surface area contributed by atoms with E-state index < -0.39 is 9.84 Å². The van der Waals surface area contributed by atoms with Crippen molar-refractivity contribution >= 4 is 25.8 Å². The molecule has 0 saturated heterocycles. The Morgan fingerprint density at radius 2 is 2.04 bits per heavy atom. The molecule has 6 heteroatoms. The average Bonchev–Trinajstić information content (AvgIpc) is 3.34. The summed E-state index contributed by atoms with van der Waals surface area (Å²) in [5, 5.41) is 0.905. The molecule has 0 spiro atoms. The van der Waals surface area contributed by atoms with Gasteiger partial charge in [0, 0.05) is 5.33 Å². The van der Waals surface area contributed by atoms with E-state index in [1.54, 1.807) is 12.1 Å². The Kier molecular flexibility index (Phi) is 7.54. The molecule has 0 bridgehead atoms. The zero-order valence-electron chi connectivity index (χ0n) is 14.1. The van der Waals surface area contributed by atoms with Crippen molar-refractivity contribution in [1.82, 2.24) is 0 Å². The molecule has 1 aromatic carbocycles. The third-order valence-corrected chi connectivity index (χ3v) is 6.77. The van der Waals surface area contributed by atoms with Crippen LogP contribution in [-0.4, -0.2) is 31.9 Å². The largest absolute Gasteiger partial charge is 0.490 e. The van der Waals surface area contributed by atoms with Crippen LogP contribution in [-0.2, 0) is 9.84 Å². The topological polar surface area (TPSA) is 43.4 Å². The van der Waals surface area contributed by atoms with Crippen molar-refractivity contribution in [2.75, 3.05) is 23.4 Å². The van der Waals surface area contributed by atoms with Gasteiger partial charge in [0.1, 0.15) is 0 Å². The first kappa shape index (κ1) is 19.7. The molecular formula is C18H26BrFO3S. The van der Waals surface area contributed by atoms with Gasteiger partial charge in [-0.3, -0.25) is 0 Å². The van der Waals surface area contributed by atoms with Crippen molar-refractivity contribution in [2.45, 2.75) is 44.9 Å². The van der Waals surface area contributed by atoms with Gasteiger partial charge in [-0.2, -0.15) is 0 Å². The molecule has 3 nitrogen and oxygen atoms in total. The van der Waals surface area contributed by atoms with Gasteiger partial charge in [0.15, 0.2) is 21.4 Å². The van der Waals surface area contributed by atoms with Crippen LogP contribution in [0.15, 0.2) is 18.2 Å². The van der Waals surface area contributed by atoms with E-state index in [4.69, 9.17) is 4.74 Å². The number of halogens is 2. The van der Waals surface area contributed by atoms with Gasteiger partial charge in [-0.1, -0.05) is 35.3 Å². The molecule has 1 aliphatic rings. The summed E-state index contributed by atoms with van der Waals surface area (Å²) in [4.78, 5) is 0. The van der Waals surface area contributed by atoms with E-state index in [0.717, 1.165) is 36.6 Å². The third kappa shape index (κ3) is 6.71. The first-order valence-corrected chi connectivity index (χ1v) is 11.5. The molecule has 2 rings (SSSR count). The van der Waals surface area contributed by atoms with Crippen molar-refractivity contribution in [3.05, 3.63) is 29.6 Å². The van der Waals surface area contributed by atoms with Gasteiger partial charge in [0.25, 0.3) is 0 Å². The summed E-state index contributed by atoms with van der Waals surface area (Å²) in [6.07, 6.45) is 4.88. The van der Waals surface area contributed by atoms with Crippen LogP contribution in [0.1, 0.15) is 50.5 Å². The normalized spacial score (nSPS) is 16.1. The Hall–Kier alpha value is -0.620. The lowest BCUT2D eigenvalue weighted by molar-refractivity contribution is 0.285. The number of alkyl halides is 1. The van der Waals surface area contributed by atoms with E-state index in [1.165, 1.54) is 6.07 Å². The number of hydrogen-bond acceptors (Lipinski definition) is 3. The van der Waals surface area contributed by atoms with Crippen LogP contribution in [0.2, 0.25) is 0 Å². The fourth-order valence-electron chi connectivity index (χ4n) is 2.58. The highest BCUT2D eigenvalue weighted by atomic mass is 79.9. The Bertz CT molecular complexity index is 629. The van der Waals surface area contributed by atoms with Crippen LogP contribution in [0.25, 0.3) is 0 Å². The number of rotatable bonds is 11. The molecule has 0 aromatic heterocycles. The first-order valence-electron chi connectivity index (χ1n) is 8.60. The highest BCUT2D eigenvalue weighted by Crippen LogP contribution is 2.31. The fraction of sp³-hybridized carbons (Fsp3) is 0.667. The highest BCUT2D eigenvalue weighted by molar-refractivity contribution is 9.09. The second kappa shape index (κ2) is 9.18. The molecular weight excluding hydrogens is 395 g/mol. The summed E-state index contributed by atoms with van der Waals surface area (Å²) in [5.41, 5.74) is 0.811. The maximum atomic E-state index is 13.8. The molecule has 1 aliphatic carbocycles. The number of hydrogen-bond donors (Lipinski definition) is 0. The molecule has 0 radical (unpaired) electrons. The SMILES string of the molecule is C[C@@H](CS(=O)(=O)CCCCCBr)c1ccc(F)c(OCC2CC2)c1. The van der Waals surface area contributed by atoms with E-state index in [0.29, 0.717) is 18.9 Å². The average molecular weight is 421 g/mol. The van der Waals surface area contributed by atoms with Crippen molar-refractivity contribution in [3.8, 4) is 5.75 Å². The van der Waals surface area contributed by atoms with Gasteiger partial charge in [-0.15, -0.1) is 0 Å². The molecule has 1 fully saturated rings. The zero-order valence-corrected chi connectivity index (χ0v) is 16.5. The Balaban J connectivity index is 1.92. The molecule has 1 aromatic rings. The van der Waals surface area contributed by atoms with Gasteiger partial charge in [-0.25, -0.2) is 12.8 Å². The smallest absolute Gasteiger partial charge is 0.165 e. The summed E-state index contributed by atoms with van der Waals surface area (Å²) in [5.74, 6) is 0.539. The Labute approximate surface area is 153 Å². The van der Waals surface area contributed by atoms with E-state index in [9.17, 15) is 12.8 Å². The minimum atomic E-state index is -3.10. The molecule has 24 heavy (non-hydrogen) atoms. The van der Waals surface area contributed by atoms with Crippen molar-refractivity contribution in [3.63, 3.8) is 0 Å². The van der Waals surface area contributed by atoms with Crippen LogP contribution >= 0.6 is 15.9 Å². The summed E-state index contributed by atoms with van der Waals surface area (Å²) >= 11 is 3.35. The predicted molar refractivity (Wildman–Crippen MR) is 99.3 cm³/mol. The molecule has 0 aliphatic heterocycles. The summed E-state index contributed by atoms with van der Waals surface area (Å²) < 4.78 is 43.8. The van der Waals surface area contributed by atoms with Crippen LogP contribution in [0.3, 0.4) is 0 Å².